The third-order valence-corrected chi connectivity index (χ3v) is 5.41. The standard InChI is InChI=1S/C20H26N6O2/c1-5-28-14(3)16(10-21)20(27)26-9-7-13(2)17(11-26)25(4)19-15-6-8-22-18(15)23-12-24-19/h6,8,12-13,17H,5,7,9,11H2,1-4H3,(H,22,23,24)/b16-14+/t13-,17+/m1/s1. The number of likely N-dealkylation sites (tertiary alicyclic amines) is 1. The lowest BCUT2D eigenvalue weighted by Gasteiger charge is -2.42. The van der Waals surface area contributed by atoms with Crippen molar-refractivity contribution in [1.82, 2.24) is 19.9 Å². The van der Waals surface area contributed by atoms with Crippen molar-refractivity contribution in [2.45, 2.75) is 33.2 Å². The smallest absolute Gasteiger partial charge is 0.268 e. The molecule has 0 spiro atoms. The lowest BCUT2D eigenvalue weighted by Crippen LogP contribution is -2.53. The highest BCUT2D eigenvalue weighted by Gasteiger charge is 2.34. The predicted octanol–water partition coefficient (Wildman–Crippen LogP) is 2.47. The molecule has 0 unspecified atom stereocenters. The summed E-state index contributed by atoms with van der Waals surface area (Å²) < 4.78 is 5.39. The Kier molecular flexibility index (Phi) is 5.83. The molecule has 1 fully saturated rings. The van der Waals surface area contributed by atoms with E-state index in [1.165, 1.54) is 0 Å². The van der Waals surface area contributed by atoms with Crippen LogP contribution in [0.5, 0.6) is 0 Å². The summed E-state index contributed by atoms with van der Waals surface area (Å²) in [5.74, 6) is 1.32. The summed E-state index contributed by atoms with van der Waals surface area (Å²) in [5, 5.41) is 10.4. The molecule has 0 saturated carbocycles. The van der Waals surface area contributed by atoms with Crippen LogP contribution in [0, 0.1) is 17.2 Å². The molecule has 0 aromatic carbocycles. The van der Waals surface area contributed by atoms with Gasteiger partial charge in [0.2, 0.25) is 0 Å². The molecule has 2 aromatic rings. The van der Waals surface area contributed by atoms with Crippen molar-refractivity contribution < 1.29 is 9.53 Å². The van der Waals surface area contributed by atoms with Crippen molar-refractivity contribution in [3.63, 3.8) is 0 Å². The first-order valence-electron chi connectivity index (χ1n) is 9.51. The average molecular weight is 382 g/mol. The van der Waals surface area contributed by atoms with Gasteiger partial charge in [-0.25, -0.2) is 9.97 Å². The fourth-order valence-corrected chi connectivity index (χ4v) is 3.76. The second-order valence-corrected chi connectivity index (χ2v) is 7.11. The van der Waals surface area contributed by atoms with Crippen LogP contribution in [0.4, 0.5) is 5.82 Å². The number of allylic oxidation sites excluding steroid dienone is 1. The van der Waals surface area contributed by atoms with E-state index in [0.29, 0.717) is 31.4 Å². The molecule has 1 aliphatic heterocycles. The average Bonchev–Trinajstić information content (AvgIpc) is 3.17. The maximum atomic E-state index is 12.9. The van der Waals surface area contributed by atoms with E-state index in [2.05, 4.69) is 26.8 Å². The molecule has 2 atom stereocenters. The Hall–Kier alpha value is -3.08. The van der Waals surface area contributed by atoms with Gasteiger partial charge in [-0.15, -0.1) is 0 Å². The maximum absolute atomic E-state index is 12.9. The van der Waals surface area contributed by atoms with Gasteiger partial charge in [-0.2, -0.15) is 5.26 Å². The highest BCUT2D eigenvalue weighted by molar-refractivity contribution is 5.97. The van der Waals surface area contributed by atoms with Gasteiger partial charge in [0.05, 0.1) is 18.0 Å². The number of nitrogens with zero attached hydrogens (tertiary/aromatic N) is 5. The van der Waals surface area contributed by atoms with Crippen LogP contribution in [0.2, 0.25) is 0 Å². The Bertz CT molecular complexity index is 928. The Labute approximate surface area is 164 Å². The Balaban J connectivity index is 1.85. The van der Waals surface area contributed by atoms with E-state index >= 15 is 0 Å². The van der Waals surface area contributed by atoms with Gasteiger partial charge >= 0.3 is 0 Å². The molecule has 28 heavy (non-hydrogen) atoms. The number of ether oxygens (including phenoxy) is 1. The third-order valence-electron chi connectivity index (χ3n) is 5.41. The number of likely N-dealkylation sites (N-methyl/N-ethyl adjacent to an activating group) is 1. The summed E-state index contributed by atoms with van der Waals surface area (Å²) in [6.07, 6.45) is 4.24. The van der Waals surface area contributed by atoms with Crippen molar-refractivity contribution in [2.75, 3.05) is 31.6 Å². The topological polar surface area (TPSA) is 98.1 Å². The number of hydrogen-bond donors (Lipinski definition) is 1. The molecule has 2 aromatic heterocycles. The predicted molar refractivity (Wildman–Crippen MR) is 106 cm³/mol. The quantitative estimate of drug-likeness (QED) is 0.485. The van der Waals surface area contributed by atoms with E-state index in [0.717, 1.165) is 23.3 Å². The number of rotatable bonds is 5. The largest absolute Gasteiger partial charge is 0.497 e. The van der Waals surface area contributed by atoms with Crippen LogP contribution in [0.1, 0.15) is 27.2 Å². The molecule has 0 radical (unpaired) electrons. The van der Waals surface area contributed by atoms with E-state index in [1.54, 1.807) is 18.2 Å². The number of aromatic nitrogens is 3. The van der Waals surface area contributed by atoms with E-state index in [9.17, 15) is 10.1 Å². The van der Waals surface area contributed by atoms with Gasteiger partial charge in [-0.3, -0.25) is 4.79 Å². The normalized spacial score (nSPS) is 20.5. The molecule has 1 N–H and O–H groups in total. The van der Waals surface area contributed by atoms with E-state index in [-0.39, 0.29) is 17.5 Å². The molecular formula is C20H26N6O2. The van der Waals surface area contributed by atoms with Crippen LogP contribution in [-0.2, 0) is 9.53 Å². The fourth-order valence-electron chi connectivity index (χ4n) is 3.76. The molecule has 8 heteroatoms. The minimum atomic E-state index is -0.270. The van der Waals surface area contributed by atoms with Gasteiger partial charge in [0.15, 0.2) is 5.57 Å². The zero-order valence-electron chi connectivity index (χ0n) is 16.8. The number of aromatic amines is 1. The van der Waals surface area contributed by atoms with Gasteiger partial charge in [-0.05, 0) is 32.3 Å². The van der Waals surface area contributed by atoms with Crippen LogP contribution in [0.25, 0.3) is 11.0 Å². The van der Waals surface area contributed by atoms with Crippen LogP contribution >= 0.6 is 0 Å². The molecule has 3 heterocycles. The first kappa shape index (κ1) is 19.7. The van der Waals surface area contributed by atoms with E-state index < -0.39 is 0 Å². The summed E-state index contributed by atoms with van der Waals surface area (Å²) in [5.41, 5.74) is 0.864. The summed E-state index contributed by atoms with van der Waals surface area (Å²) in [6.45, 7) is 7.26. The van der Waals surface area contributed by atoms with Gasteiger partial charge in [0, 0.05) is 26.3 Å². The second kappa shape index (κ2) is 8.30. The van der Waals surface area contributed by atoms with E-state index in [4.69, 9.17) is 4.74 Å². The molecule has 1 amide bonds. The number of hydrogen-bond acceptors (Lipinski definition) is 6. The van der Waals surface area contributed by atoms with E-state index in [1.807, 2.05) is 32.3 Å². The number of nitriles is 1. The maximum Gasteiger partial charge on any atom is 0.268 e. The first-order chi connectivity index (χ1) is 13.5. The first-order valence-corrected chi connectivity index (χ1v) is 9.51. The van der Waals surface area contributed by atoms with Crippen molar-refractivity contribution in [3.05, 3.63) is 29.9 Å². The molecular weight excluding hydrogens is 356 g/mol. The van der Waals surface area contributed by atoms with Gasteiger partial charge in [0.25, 0.3) is 5.91 Å². The van der Waals surface area contributed by atoms with Gasteiger partial charge in [0.1, 0.15) is 29.6 Å². The third kappa shape index (κ3) is 3.65. The summed E-state index contributed by atoms with van der Waals surface area (Å²) in [7, 11) is 2.00. The Morgan fingerprint density at radius 1 is 1.50 bits per heavy atom. The monoisotopic (exact) mass is 382 g/mol. The minimum absolute atomic E-state index is 0.0767. The number of carbonyl (C=O) groups is 1. The Morgan fingerprint density at radius 3 is 3.00 bits per heavy atom. The zero-order chi connectivity index (χ0) is 20.3. The molecule has 0 aliphatic carbocycles. The Morgan fingerprint density at radius 2 is 2.29 bits per heavy atom. The lowest BCUT2D eigenvalue weighted by atomic mass is 9.91. The highest BCUT2D eigenvalue weighted by Crippen LogP contribution is 2.29. The molecule has 8 nitrogen and oxygen atoms in total. The number of nitrogens with one attached hydrogen (secondary N) is 1. The highest BCUT2D eigenvalue weighted by atomic mass is 16.5. The number of piperidine rings is 1. The second-order valence-electron chi connectivity index (χ2n) is 7.11. The summed E-state index contributed by atoms with van der Waals surface area (Å²) in [4.78, 5) is 28.6. The number of fused-ring (bicyclic) bond motifs is 1. The molecule has 3 rings (SSSR count). The molecule has 1 aliphatic rings. The fraction of sp³-hybridized carbons (Fsp3) is 0.500. The molecule has 1 saturated heterocycles. The number of amides is 1. The van der Waals surface area contributed by atoms with Crippen LogP contribution < -0.4 is 4.90 Å². The number of H-pyrrole nitrogens is 1. The minimum Gasteiger partial charge on any atom is -0.497 e. The zero-order valence-corrected chi connectivity index (χ0v) is 16.8. The van der Waals surface area contributed by atoms with Gasteiger partial charge < -0.3 is 19.5 Å². The van der Waals surface area contributed by atoms with Crippen molar-refractivity contribution in [2.24, 2.45) is 5.92 Å². The summed E-state index contributed by atoms with van der Waals surface area (Å²) >= 11 is 0. The van der Waals surface area contributed by atoms with Crippen LogP contribution in [0.15, 0.2) is 29.9 Å². The number of carbonyl (C=O) groups excluding carboxylic acids is 1. The molecule has 148 valence electrons. The lowest BCUT2D eigenvalue weighted by molar-refractivity contribution is -0.128. The number of anilines is 1. The van der Waals surface area contributed by atoms with Crippen LogP contribution in [-0.4, -0.2) is 58.5 Å². The van der Waals surface area contributed by atoms with Crippen molar-refractivity contribution >= 4 is 22.8 Å². The summed E-state index contributed by atoms with van der Waals surface area (Å²) in [6, 6.07) is 4.06. The van der Waals surface area contributed by atoms with Crippen LogP contribution in [0.3, 0.4) is 0 Å². The van der Waals surface area contributed by atoms with Crippen molar-refractivity contribution in [1.29, 1.82) is 5.26 Å². The van der Waals surface area contributed by atoms with Gasteiger partial charge in [-0.1, -0.05) is 6.92 Å². The molecule has 0 bridgehead atoms. The van der Waals surface area contributed by atoms with Crippen molar-refractivity contribution in [3.8, 4) is 6.07 Å². The SMILES string of the molecule is CCO/C(C)=C(\C#N)C(=O)N1CC[C@@H](C)[C@@H](N(C)c2ncnc3[nH]ccc23)C1.